The highest BCUT2D eigenvalue weighted by molar-refractivity contribution is 5.78. The maximum Gasteiger partial charge on any atom is 0.223 e. The lowest BCUT2D eigenvalue weighted by Crippen LogP contribution is -2.33. The van der Waals surface area contributed by atoms with Crippen LogP contribution in [0, 0.1) is 24.2 Å². The van der Waals surface area contributed by atoms with Crippen molar-refractivity contribution in [1.29, 1.82) is 0 Å². The van der Waals surface area contributed by atoms with E-state index in [0.29, 0.717) is 0 Å². The van der Waals surface area contributed by atoms with Crippen LogP contribution in [0.15, 0.2) is 0 Å². The Morgan fingerprint density at radius 3 is 2.61 bits per heavy atom. The van der Waals surface area contributed by atoms with Gasteiger partial charge in [0.1, 0.15) is 0 Å². The predicted octanol–water partition coefficient (Wildman–Crippen LogP) is 3.51. The Hall–Kier alpha value is -0.970. The normalized spacial score (nSPS) is 23.3. The lowest BCUT2D eigenvalue weighted by atomic mass is 9.79. The minimum atomic E-state index is 0.251. The van der Waals surface area contributed by atoms with Crippen LogP contribution in [0.5, 0.6) is 0 Å². The molecule has 0 spiro atoms. The summed E-state index contributed by atoms with van der Waals surface area (Å²) in [5.41, 5.74) is 0. The van der Waals surface area contributed by atoms with Gasteiger partial charge < -0.3 is 5.32 Å². The molecule has 0 aliphatic heterocycles. The molecule has 1 N–H and O–H groups in total. The quantitative estimate of drug-likeness (QED) is 0.543. The number of terminal acetylenes is 1. The molecule has 1 amide bonds. The van der Waals surface area contributed by atoms with Gasteiger partial charge >= 0.3 is 0 Å². The highest BCUT2D eigenvalue weighted by Gasteiger charge is 2.25. The van der Waals surface area contributed by atoms with E-state index in [4.69, 9.17) is 6.42 Å². The molecule has 0 unspecified atom stereocenters. The highest BCUT2D eigenvalue weighted by atomic mass is 16.1. The first-order valence-electron chi connectivity index (χ1n) is 7.49. The third kappa shape index (κ3) is 5.58. The van der Waals surface area contributed by atoms with E-state index in [1.165, 1.54) is 32.1 Å². The van der Waals surface area contributed by atoms with Crippen molar-refractivity contribution in [2.24, 2.45) is 11.8 Å². The Bertz CT molecular complexity index is 271. The number of rotatable bonds is 7. The second kappa shape index (κ2) is 9.03. The van der Waals surface area contributed by atoms with Gasteiger partial charge in [-0.2, -0.15) is 0 Å². The van der Waals surface area contributed by atoms with E-state index in [-0.39, 0.29) is 11.8 Å². The van der Waals surface area contributed by atoms with Gasteiger partial charge in [-0.15, -0.1) is 12.3 Å². The summed E-state index contributed by atoms with van der Waals surface area (Å²) in [6.45, 7) is 2.98. The summed E-state index contributed by atoms with van der Waals surface area (Å²) in [6, 6.07) is 0. The molecule has 102 valence electrons. The molecule has 0 bridgehead atoms. The number of nitrogens with one attached hydrogen (secondary N) is 1. The highest BCUT2D eigenvalue weighted by Crippen LogP contribution is 2.31. The minimum Gasteiger partial charge on any atom is -0.356 e. The molecule has 0 radical (unpaired) electrons. The fourth-order valence-electron chi connectivity index (χ4n) is 2.75. The van der Waals surface area contributed by atoms with Crippen molar-refractivity contribution in [3.63, 3.8) is 0 Å². The summed E-state index contributed by atoms with van der Waals surface area (Å²) in [6.07, 6.45) is 15.4. The average molecular weight is 249 g/mol. The summed E-state index contributed by atoms with van der Waals surface area (Å²) < 4.78 is 0. The van der Waals surface area contributed by atoms with E-state index in [9.17, 15) is 4.79 Å². The summed E-state index contributed by atoms with van der Waals surface area (Å²) in [5, 5.41) is 3.01. The number of carbonyl (C=O) groups is 1. The third-order valence-electron chi connectivity index (χ3n) is 3.98. The lowest BCUT2D eigenvalue weighted by Gasteiger charge is -2.27. The van der Waals surface area contributed by atoms with Crippen LogP contribution in [-0.4, -0.2) is 12.5 Å². The molecule has 1 rings (SSSR count). The topological polar surface area (TPSA) is 29.1 Å². The van der Waals surface area contributed by atoms with E-state index in [1.54, 1.807) is 0 Å². The molecule has 0 aromatic carbocycles. The Morgan fingerprint density at radius 1 is 1.28 bits per heavy atom. The number of amides is 1. The van der Waals surface area contributed by atoms with Crippen LogP contribution < -0.4 is 5.32 Å². The molecule has 2 nitrogen and oxygen atoms in total. The Kier molecular flexibility index (Phi) is 7.57. The van der Waals surface area contributed by atoms with Crippen LogP contribution in [0.1, 0.15) is 64.7 Å². The van der Waals surface area contributed by atoms with Gasteiger partial charge in [-0.05, 0) is 38.0 Å². The summed E-state index contributed by atoms with van der Waals surface area (Å²) >= 11 is 0. The minimum absolute atomic E-state index is 0.251. The van der Waals surface area contributed by atoms with Gasteiger partial charge in [0, 0.05) is 18.9 Å². The van der Waals surface area contributed by atoms with E-state index in [2.05, 4.69) is 18.2 Å². The lowest BCUT2D eigenvalue weighted by molar-refractivity contribution is -0.126. The van der Waals surface area contributed by atoms with Crippen LogP contribution in [0.2, 0.25) is 0 Å². The maximum absolute atomic E-state index is 11.9. The third-order valence-corrected chi connectivity index (χ3v) is 3.98. The fraction of sp³-hybridized carbons (Fsp3) is 0.812. The van der Waals surface area contributed by atoms with Crippen molar-refractivity contribution in [3.8, 4) is 12.3 Å². The van der Waals surface area contributed by atoms with E-state index < -0.39 is 0 Å². The van der Waals surface area contributed by atoms with Crippen molar-refractivity contribution < 1.29 is 4.79 Å². The summed E-state index contributed by atoms with van der Waals surface area (Å²) in [5.74, 6) is 3.97. The monoisotopic (exact) mass is 249 g/mol. The molecule has 0 aromatic rings. The SMILES string of the molecule is C#CCCCNC(=O)C1CCC(CCCC)CC1. The Morgan fingerprint density at radius 2 is 2.00 bits per heavy atom. The molecule has 0 aromatic heterocycles. The first kappa shape index (κ1) is 15.1. The zero-order valence-electron chi connectivity index (χ0n) is 11.7. The summed E-state index contributed by atoms with van der Waals surface area (Å²) in [4.78, 5) is 11.9. The molecule has 18 heavy (non-hydrogen) atoms. The molecule has 1 aliphatic rings. The van der Waals surface area contributed by atoms with E-state index in [1.807, 2.05) is 0 Å². The van der Waals surface area contributed by atoms with Gasteiger partial charge in [-0.1, -0.05) is 26.2 Å². The summed E-state index contributed by atoms with van der Waals surface area (Å²) in [7, 11) is 0. The smallest absolute Gasteiger partial charge is 0.223 e. The second-order valence-corrected chi connectivity index (χ2v) is 5.46. The van der Waals surface area contributed by atoms with Gasteiger partial charge in [-0.3, -0.25) is 4.79 Å². The van der Waals surface area contributed by atoms with E-state index in [0.717, 1.165) is 38.1 Å². The molecule has 1 saturated carbocycles. The molecule has 0 heterocycles. The second-order valence-electron chi connectivity index (χ2n) is 5.46. The Labute approximate surface area is 112 Å². The van der Waals surface area contributed by atoms with Gasteiger partial charge in [0.15, 0.2) is 0 Å². The van der Waals surface area contributed by atoms with Crippen molar-refractivity contribution in [3.05, 3.63) is 0 Å². The van der Waals surface area contributed by atoms with Crippen molar-refractivity contribution in [2.45, 2.75) is 64.7 Å². The van der Waals surface area contributed by atoms with Gasteiger partial charge in [0.05, 0.1) is 0 Å². The van der Waals surface area contributed by atoms with Crippen molar-refractivity contribution in [1.82, 2.24) is 5.32 Å². The van der Waals surface area contributed by atoms with Gasteiger partial charge in [-0.25, -0.2) is 0 Å². The average Bonchev–Trinajstić information content (AvgIpc) is 2.41. The van der Waals surface area contributed by atoms with Gasteiger partial charge in [0.25, 0.3) is 0 Å². The standard InChI is InChI=1S/C16H27NO/c1-3-5-7-13-17-16(18)15-11-9-14(10-12-15)8-6-4-2/h1,14-15H,4-13H2,2H3,(H,17,18). The largest absolute Gasteiger partial charge is 0.356 e. The molecule has 2 heteroatoms. The zero-order chi connectivity index (χ0) is 13.2. The molecule has 0 atom stereocenters. The number of unbranched alkanes of at least 4 members (excludes halogenated alkanes) is 2. The fourth-order valence-corrected chi connectivity index (χ4v) is 2.75. The van der Waals surface area contributed by atoms with Crippen LogP contribution in [0.4, 0.5) is 0 Å². The number of carbonyl (C=O) groups excluding carboxylic acids is 1. The number of hydrogen-bond acceptors (Lipinski definition) is 1. The molecule has 1 aliphatic carbocycles. The Balaban J connectivity index is 2.13. The van der Waals surface area contributed by atoms with Crippen molar-refractivity contribution >= 4 is 5.91 Å². The van der Waals surface area contributed by atoms with Crippen LogP contribution in [0.25, 0.3) is 0 Å². The molecule has 1 fully saturated rings. The first-order chi connectivity index (χ1) is 8.77. The molecular formula is C16H27NO. The molecule has 0 saturated heterocycles. The van der Waals surface area contributed by atoms with Crippen LogP contribution >= 0.6 is 0 Å². The number of hydrogen-bond donors (Lipinski definition) is 1. The first-order valence-corrected chi connectivity index (χ1v) is 7.49. The molecular weight excluding hydrogens is 222 g/mol. The van der Waals surface area contributed by atoms with Crippen molar-refractivity contribution in [2.75, 3.05) is 6.54 Å². The van der Waals surface area contributed by atoms with Gasteiger partial charge in [0.2, 0.25) is 5.91 Å². The van der Waals surface area contributed by atoms with Crippen LogP contribution in [0.3, 0.4) is 0 Å². The van der Waals surface area contributed by atoms with E-state index >= 15 is 0 Å². The predicted molar refractivity (Wildman–Crippen MR) is 76.0 cm³/mol. The van der Waals surface area contributed by atoms with Crippen LogP contribution in [-0.2, 0) is 4.79 Å². The zero-order valence-corrected chi connectivity index (χ0v) is 11.7. The maximum atomic E-state index is 11.9.